The van der Waals surface area contributed by atoms with E-state index in [1.165, 1.54) is 5.56 Å². The van der Waals surface area contributed by atoms with E-state index in [1.54, 1.807) is 0 Å². The van der Waals surface area contributed by atoms with E-state index in [0.717, 1.165) is 30.2 Å². The van der Waals surface area contributed by atoms with E-state index >= 15 is 0 Å². The van der Waals surface area contributed by atoms with E-state index in [1.807, 2.05) is 19.2 Å². The smallest absolute Gasteiger partial charge is 0.0735 e. The van der Waals surface area contributed by atoms with Crippen molar-refractivity contribution in [2.24, 2.45) is 0 Å². The van der Waals surface area contributed by atoms with Crippen LogP contribution in [0.25, 0.3) is 0 Å². The summed E-state index contributed by atoms with van der Waals surface area (Å²) in [5.41, 5.74) is 2.35. The van der Waals surface area contributed by atoms with Crippen molar-refractivity contribution in [1.29, 1.82) is 0 Å². The second kappa shape index (κ2) is 6.76. The van der Waals surface area contributed by atoms with Crippen molar-refractivity contribution in [3.8, 4) is 0 Å². The highest BCUT2D eigenvalue weighted by Crippen LogP contribution is 2.31. The molecule has 4 nitrogen and oxygen atoms in total. The molecule has 2 N–H and O–H groups in total. The van der Waals surface area contributed by atoms with Gasteiger partial charge in [-0.15, -0.1) is 0 Å². The Morgan fingerprint density at radius 3 is 2.85 bits per heavy atom. The maximum absolute atomic E-state index is 10.0. The van der Waals surface area contributed by atoms with Crippen LogP contribution in [-0.4, -0.2) is 56.4 Å². The number of nitrogens with zero attached hydrogens (tertiary/aromatic N) is 2. The normalized spacial score (nSPS) is 22.8. The van der Waals surface area contributed by atoms with Crippen LogP contribution in [0.2, 0.25) is 5.02 Å². The summed E-state index contributed by atoms with van der Waals surface area (Å²) in [6, 6.07) is 6.32. The highest BCUT2D eigenvalue weighted by Gasteiger charge is 2.32. The van der Waals surface area contributed by atoms with Gasteiger partial charge in [-0.1, -0.05) is 17.7 Å². The average molecular weight is 298 g/mol. The molecule has 0 amide bonds. The molecule has 5 heteroatoms. The van der Waals surface area contributed by atoms with Crippen LogP contribution in [0.5, 0.6) is 0 Å². The van der Waals surface area contributed by atoms with Gasteiger partial charge in [0, 0.05) is 36.4 Å². The van der Waals surface area contributed by atoms with Crippen molar-refractivity contribution in [1.82, 2.24) is 10.2 Å². The molecule has 1 aromatic carbocycles. The van der Waals surface area contributed by atoms with Crippen molar-refractivity contribution in [2.45, 2.75) is 25.1 Å². The summed E-state index contributed by atoms with van der Waals surface area (Å²) < 4.78 is 0. The Hall–Kier alpha value is -0.810. The van der Waals surface area contributed by atoms with E-state index in [2.05, 4.69) is 35.3 Å². The molecule has 0 spiro atoms. The fraction of sp³-hybridized carbons (Fsp3) is 0.600. The average Bonchev–Trinajstić information content (AvgIpc) is 2.71. The van der Waals surface area contributed by atoms with Crippen molar-refractivity contribution >= 4 is 17.3 Å². The molecule has 0 radical (unpaired) electrons. The molecule has 0 aliphatic carbocycles. The Morgan fingerprint density at radius 2 is 2.20 bits per heavy atom. The molecule has 0 bridgehead atoms. The molecule has 1 saturated heterocycles. The lowest BCUT2D eigenvalue weighted by atomic mass is 10.1. The maximum Gasteiger partial charge on any atom is 0.0735 e. The molecular weight excluding hydrogens is 274 g/mol. The number of benzene rings is 1. The molecule has 20 heavy (non-hydrogen) atoms. The number of nitrogens with one attached hydrogen (secondary N) is 1. The lowest BCUT2D eigenvalue weighted by Gasteiger charge is -2.30. The van der Waals surface area contributed by atoms with E-state index in [-0.39, 0.29) is 6.10 Å². The summed E-state index contributed by atoms with van der Waals surface area (Å²) in [6.45, 7) is 2.41. The van der Waals surface area contributed by atoms with Gasteiger partial charge >= 0.3 is 0 Å². The molecule has 112 valence electrons. The number of hydrogen-bond acceptors (Lipinski definition) is 4. The first-order valence-corrected chi connectivity index (χ1v) is 7.41. The molecule has 1 heterocycles. The number of rotatable bonds is 5. The first kappa shape index (κ1) is 15.6. The van der Waals surface area contributed by atoms with Crippen LogP contribution < -0.4 is 10.2 Å². The lowest BCUT2D eigenvalue weighted by molar-refractivity contribution is 0.191. The number of β-amino-alcohol motifs (C(OH)–C–C–N with tert-alkyl or cyclic N) is 1. The largest absolute Gasteiger partial charge is 0.391 e. The summed E-state index contributed by atoms with van der Waals surface area (Å²) in [5, 5.41) is 14.0. The molecule has 2 unspecified atom stereocenters. The van der Waals surface area contributed by atoms with Gasteiger partial charge in [-0.25, -0.2) is 0 Å². The highest BCUT2D eigenvalue weighted by molar-refractivity contribution is 6.30. The van der Waals surface area contributed by atoms with Crippen LogP contribution in [0.3, 0.4) is 0 Å². The Labute approximate surface area is 126 Å². The van der Waals surface area contributed by atoms with Crippen molar-refractivity contribution in [3.05, 3.63) is 28.8 Å². The summed E-state index contributed by atoms with van der Waals surface area (Å²) in [7, 11) is 6.07. The summed E-state index contributed by atoms with van der Waals surface area (Å²) in [4.78, 5) is 4.46. The quantitative estimate of drug-likeness (QED) is 0.865. The van der Waals surface area contributed by atoms with Crippen molar-refractivity contribution in [3.63, 3.8) is 0 Å². The van der Waals surface area contributed by atoms with Crippen LogP contribution in [0.1, 0.15) is 12.0 Å². The Morgan fingerprint density at radius 1 is 1.45 bits per heavy atom. The van der Waals surface area contributed by atoms with Gasteiger partial charge in [-0.05, 0) is 45.3 Å². The van der Waals surface area contributed by atoms with E-state index in [9.17, 15) is 5.11 Å². The zero-order valence-electron chi connectivity index (χ0n) is 12.4. The van der Waals surface area contributed by atoms with Crippen molar-refractivity contribution in [2.75, 3.05) is 39.1 Å². The molecule has 1 fully saturated rings. The van der Waals surface area contributed by atoms with Crippen LogP contribution in [0, 0.1) is 0 Å². The first-order valence-electron chi connectivity index (χ1n) is 7.03. The molecule has 1 aliphatic heterocycles. The number of hydrogen-bond donors (Lipinski definition) is 2. The monoisotopic (exact) mass is 297 g/mol. The van der Waals surface area contributed by atoms with Gasteiger partial charge < -0.3 is 20.2 Å². The van der Waals surface area contributed by atoms with Crippen LogP contribution >= 0.6 is 11.6 Å². The fourth-order valence-corrected chi connectivity index (χ4v) is 3.09. The number of likely N-dealkylation sites (N-methyl/N-ethyl adjacent to an activating group) is 1. The van der Waals surface area contributed by atoms with Gasteiger partial charge in [0.15, 0.2) is 0 Å². The zero-order valence-corrected chi connectivity index (χ0v) is 13.2. The third kappa shape index (κ3) is 3.64. The predicted octanol–water partition coefficient (Wildman–Crippen LogP) is 1.56. The maximum atomic E-state index is 10.0. The summed E-state index contributed by atoms with van der Waals surface area (Å²) in [6.07, 6.45) is 0.547. The number of halogens is 1. The molecular formula is C15H24ClN3O. The standard InChI is InChI=1S/C15H24ClN3O/c1-17-8-11-4-5-12(16)6-15(11)19-10-14(20)7-13(19)9-18(2)3/h4-6,13-14,17,20H,7-10H2,1-3H3. The molecule has 2 atom stereocenters. The van der Waals surface area contributed by atoms with Crippen LogP contribution in [0.15, 0.2) is 18.2 Å². The van der Waals surface area contributed by atoms with Gasteiger partial charge in [-0.2, -0.15) is 0 Å². The van der Waals surface area contributed by atoms with Gasteiger partial charge in [-0.3, -0.25) is 0 Å². The second-order valence-corrected chi connectivity index (χ2v) is 6.20. The van der Waals surface area contributed by atoms with E-state index in [4.69, 9.17) is 11.6 Å². The van der Waals surface area contributed by atoms with Gasteiger partial charge in [0.2, 0.25) is 0 Å². The Kier molecular flexibility index (Phi) is 5.27. The minimum absolute atomic E-state index is 0.263. The fourth-order valence-electron chi connectivity index (χ4n) is 2.93. The third-order valence-corrected chi connectivity index (χ3v) is 3.93. The third-order valence-electron chi connectivity index (χ3n) is 3.69. The number of anilines is 1. The minimum Gasteiger partial charge on any atom is -0.391 e. The van der Waals surface area contributed by atoms with E-state index < -0.39 is 0 Å². The molecule has 0 saturated carbocycles. The molecule has 2 rings (SSSR count). The minimum atomic E-state index is -0.263. The highest BCUT2D eigenvalue weighted by atomic mass is 35.5. The van der Waals surface area contributed by atoms with Crippen LogP contribution in [-0.2, 0) is 6.54 Å². The SMILES string of the molecule is CNCc1ccc(Cl)cc1N1CC(O)CC1CN(C)C. The van der Waals surface area contributed by atoms with Crippen molar-refractivity contribution < 1.29 is 5.11 Å². The van der Waals surface area contributed by atoms with Gasteiger partial charge in [0.25, 0.3) is 0 Å². The summed E-state index contributed by atoms with van der Waals surface area (Å²) >= 11 is 6.17. The van der Waals surface area contributed by atoms with Crippen LogP contribution in [0.4, 0.5) is 5.69 Å². The summed E-state index contributed by atoms with van der Waals surface area (Å²) in [5.74, 6) is 0. The Balaban J connectivity index is 2.30. The number of aliphatic hydroxyl groups excluding tert-OH is 1. The topological polar surface area (TPSA) is 38.7 Å². The molecule has 0 aromatic heterocycles. The second-order valence-electron chi connectivity index (χ2n) is 5.76. The first-order chi connectivity index (χ1) is 9.51. The molecule has 1 aliphatic rings. The molecule has 1 aromatic rings. The predicted molar refractivity (Wildman–Crippen MR) is 84.5 cm³/mol. The van der Waals surface area contributed by atoms with Gasteiger partial charge in [0.05, 0.1) is 6.10 Å². The zero-order chi connectivity index (χ0) is 14.7. The lowest BCUT2D eigenvalue weighted by Crippen LogP contribution is -2.38. The van der Waals surface area contributed by atoms with E-state index in [0.29, 0.717) is 12.6 Å². The Bertz CT molecular complexity index is 453. The number of aliphatic hydroxyl groups is 1. The van der Waals surface area contributed by atoms with Gasteiger partial charge in [0.1, 0.15) is 0 Å².